The third-order valence-corrected chi connectivity index (χ3v) is 5.69. The van der Waals surface area contributed by atoms with Crippen molar-refractivity contribution < 1.29 is 19.4 Å². The van der Waals surface area contributed by atoms with Crippen molar-refractivity contribution in [3.05, 3.63) is 83.4 Å². The van der Waals surface area contributed by atoms with Crippen LogP contribution in [0.25, 0.3) is 11.1 Å². The summed E-state index contributed by atoms with van der Waals surface area (Å²) in [7, 11) is 0. The van der Waals surface area contributed by atoms with Gasteiger partial charge in [-0.15, -0.1) is 0 Å². The first kappa shape index (κ1) is 17.5. The fourth-order valence-corrected chi connectivity index (χ4v) is 4.31. The summed E-state index contributed by atoms with van der Waals surface area (Å²) >= 11 is 0. The summed E-state index contributed by atoms with van der Waals surface area (Å²) in [5, 5.41) is 9.68. The van der Waals surface area contributed by atoms with Crippen LogP contribution in [0.3, 0.4) is 0 Å². The van der Waals surface area contributed by atoms with Gasteiger partial charge in [-0.25, -0.2) is 4.79 Å². The number of ketones is 1. The maximum atomic E-state index is 12.9. The SMILES string of the molecule is O=C1CCN(C(=O)OCC2c3ccccc3-c3ccccc32)c2ccc(O)cc21. The van der Waals surface area contributed by atoms with Crippen LogP contribution in [-0.2, 0) is 4.74 Å². The van der Waals surface area contributed by atoms with Gasteiger partial charge in [0, 0.05) is 24.4 Å². The third-order valence-electron chi connectivity index (χ3n) is 5.69. The molecular formula is C24H19NO4. The van der Waals surface area contributed by atoms with Crippen molar-refractivity contribution in [1.82, 2.24) is 0 Å². The average molecular weight is 385 g/mol. The van der Waals surface area contributed by atoms with E-state index in [1.165, 1.54) is 28.2 Å². The molecule has 0 spiro atoms. The quantitative estimate of drug-likeness (QED) is 0.692. The second kappa shape index (κ2) is 6.78. The molecule has 0 aromatic heterocycles. The van der Waals surface area contributed by atoms with E-state index in [1.807, 2.05) is 24.3 Å². The number of amides is 1. The van der Waals surface area contributed by atoms with Crippen LogP contribution in [0.4, 0.5) is 10.5 Å². The summed E-state index contributed by atoms with van der Waals surface area (Å²) in [5.41, 5.74) is 5.49. The topological polar surface area (TPSA) is 66.8 Å². The first-order valence-electron chi connectivity index (χ1n) is 9.62. The predicted octanol–water partition coefficient (Wildman–Crippen LogP) is 4.73. The highest BCUT2D eigenvalue weighted by molar-refractivity contribution is 6.07. The number of phenols is 1. The van der Waals surface area contributed by atoms with Gasteiger partial charge >= 0.3 is 6.09 Å². The number of carbonyl (C=O) groups is 2. The minimum Gasteiger partial charge on any atom is -0.508 e. The summed E-state index contributed by atoms with van der Waals surface area (Å²) in [6, 6.07) is 20.8. The van der Waals surface area contributed by atoms with E-state index < -0.39 is 6.09 Å². The number of nitrogens with zero attached hydrogens (tertiary/aromatic N) is 1. The number of carbonyl (C=O) groups excluding carboxylic acids is 2. The van der Waals surface area contributed by atoms with Gasteiger partial charge in [0.2, 0.25) is 0 Å². The van der Waals surface area contributed by atoms with E-state index in [-0.39, 0.29) is 37.0 Å². The standard InChI is InChI=1S/C24H19NO4/c26-15-9-10-22-20(13-15)23(27)11-12-25(22)24(28)29-14-21-18-7-3-1-5-16(18)17-6-2-4-8-19(17)21/h1-10,13,21,26H,11-12,14H2. The van der Waals surface area contributed by atoms with Crippen molar-refractivity contribution in [2.45, 2.75) is 12.3 Å². The largest absolute Gasteiger partial charge is 0.508 e. The Morgan fingerprint density at radius 1 is 0.966 bits per heavy atom. The number of rotatable bonds is 2. The molecule has 0 radical (unpaired) electrons. The second-order valence-electron chi connectivity index (χ2n) is 7.33. The van der Waals surface area contributed by atoms with Crippen molar-refractivity contribution >= 4 is 17.6 Å². The highest BCUT2D eigenvalue weighted by Crippen LogP contribution is 2.44. The van der Waals surface area contributed by atoms with E-state index in [0.717, 1.165) is 11.1 Å². The van der Waals surface area contributed by atoms with E-state index in [0.29, 0.717) is 11.3 Å². The van der Waals surface area contributed by atoms with E-state index in [2.05, 4.69) is 24.3 Å². The van der Waals surface area contributed by atoms with Crippen LogP contribution in [0.2, 0.25) is 0 Å². The minimum atomic E-state index is -0.480. The Morgan fingerprint density at radius 3 is 2.31 bits per heavy atom. The van der Waals surface area contributed by atoms with Gasteiger partial charge in [-0.3, -0.25) is 9.69 Å². The number of phenolic OH excluding ortho intramolecular Hbond substituents is 1. The molecule has 1 aliphatic carbocycles. The van der Waals surface area contributed by atoms with Crippen LogP contribution in [0.15, 0.2) is 66.7 Å². The van der Waals surface area contributed by atoms with Crippen molar-refractivity contribution in [3.8, 4) is 16.9 Å². The Morgan fingerprint density at radius 2 is 1.62 bits per heavy atom. The number of ether oxygens (including phenoxy) is 1. The first-order chi connectivity index (χ1) is 14.1. The van der Waals surface area contributed by atoms with Crippen LogP contribution in [0.5, 0.6) is 5.75 Å². The van der Waals surface area contributed by atoms with Gasteiger partial charge in [0.1, 0.15) is 12.4 Å². The van der Waals surface area contributed by atoms with Gasteiger partial charge < -0.3 is 9.84 Å². The summed E-state index contributed by atoms with van der Waals surface area (Å²) < 4.78 is 5.71. The van der Waals surface area contributed by atoms with Crippen LogP contribution in [0.1, 0.15) is 33.8 Å². The molecule has 144 valence electrons. The molecule has 3 aromatic rings. The summed E-state index contributed by atoms with van der Waals surface area (Å²) in [4.78, 5) is 26.5. The smallest absolute Gasteiger partial charge is 0.414 e. The van der Waals surface area contributed by atoms with E-state index >= 15 is 0 Å². The molecule has 0 unspecified atom stereocenters. The van der Waals surface area contributed by atoms with Crippen LogP contribution in [0, 0.1) is 0 Å². The molecule has 0 saturated heterocycles. The van der Waals surface area contributed by atoms with Gasteiger partial charge in [-0.05, 0) is 40.5 Å². The Labute approximate surface area is 168 Å². The van der Waals surface area contributed by atoms with Crippen molar-refractivity contribution in [3.63, 3.8) is 0 Å². The van der Waals surface area contributed by atoms with E-state index in [1.54, 1.807) is 6.07 Å². The molecule has 5 nitrogen and oxygen atoms in total. The molecule has 0 saturated carbocycles. The molecule has 1 N–H and O–H groups in total. The summed E-state index contributed by atoms with van der Waals surface area (Å²) in [5.74, 6) is -0.0952. The highest BCUT2D eigenvalue weighted by Gasteiger charge is 2.32. The molecule has 3 aromatic carbocycles. The second-order valence-corrected chi connectivity index (χ2v) is 7.33. The molecule has 5 heteroatoms. The molecule has 0 atom stereocenters. The molecular weight excluding hydrogens is 366 g/mol. The fraction of sp³-hybridized carbons (Fsp3) is 0.167. The zero-order chi connectivity index (χ0) is 20.0. The van der Waals surface area contributed by atoms with Crippen molar-refractivity contribution in [2.24, 2.45) is 0 Å². The van der Waals surface area contributed by atoms with Gasteiger partial charge in [0.05, 0.1) is 5.69 Å². The van der Waals surface area contributed by atoms with Gasteiger partial charge in [-0.2, -0.15) is 0 Å². The van der Waals surface area contributed by atoms with Crippen molar-refractivity contribution in [1.29, 1.82) is 0 Å². The molecule has 0 fully saturated rings. The van der Waals surface area contributed by atoms with Crippen molar-refractivity contribution in [2.75, 3.05) is 18.1 Å². The molecule has 0 bridgehead atoms. The number of anilines is 1. The van der Waals surface area contributed by atoms with E-state index in [4.69, 9.17) is 4.74 Å². The van der Waals surface area contributed by atoms with Gasteiger partial charge in [0.15, 0.2) is 5.78 Å². The summed E-state index contributed by atoms with van der Waals surface area (Å²) in [6.07, 6.45) is -0.271. The number of hydrogen-bond donors (Lipinski definition) is 1. The van der Waals surface area contributed by atoms with Crippen LogP contribution < -0.4 is 4.90 Å². The monoisotopic (exact) mass is 385 g/mol. The molecule has 2 aliphatic rings. The lowest BCUT2D eigenvalue weighted by atomic mass is 9.98. The maximum Gasteiger partial charge on any atom is 0.414 e. The Hall–Kier alpha value is -3.60. The Balaban J connectivity index is 1.40. The molecule has 1 heterocycles. The lowest BCUT2D eigenvalue weighted by Crippen LogP contribution is -2.38. The average Bonchev–Trinajstić information content (AvgIpc) is 3.06. The normalized spacial score (nSPS) is 14.9. The van der Waals surface area contributed by atoms with Crippen LogP contribution in [-0.4, -0.2) is 30.1 Å². The zero-order valence-corrected chi connectivity index (χ0v) is 15.7. The first-order valence-corrected chi connectivity index (χ1v) is 9.62. The lowest BCUT2D eigenvalue weighted by Gasteiger charge is -2.28. The van der Waals surface area contributed by atoms with Gasteiger partial charge in [0.25, 0.3) is 0 Å². The third kappa shape index (κ3) is 2.86. The predicted molar refractivity (Wildman–Crippen MR) is 109 cm³/mol. The molecule has 1 aliphatic heterocycles. The number of aromatic hydroxyl groups is 1. The lowest BCUT2D eigenvalue weighted by molar-refractivity contribution is 0.0977. The molecule has 5 rings (SSSR count). The Kier molecular flexibility index (Phi) is 4.09. The van der Waals surface area contributed by atoms with Gasteiger partial charge in [-0.1, -0.05) is 48.5 Å². The highest BCUT2D eigenvalue weighted by atomic mass is 16.6. The van der Waals surface area contributed by atoms with Crippen LogP contribution >= 0.6 is 0 Å². The van der Waals surface area contributed by atoms with E-state index in [9.17, 15) is 14.7 Å². The fourth-order valence-electron chi connectivity index (χ4n) is 4.31. The zero-order valence-electron chi connectivity index (χ0n) is 15.7. The number of benzene rings is 3. The number of fused-ring (bicyclic) bond motifs is 4. The number of Topliss-reactive ketones (excluding diaryl/α,β-unsaturated/α-hetero) is 1. The Bertz CT molecular complexity index is 1090. The summed E-state index contributed by atoms with van der Waals surface area (Å²) in [6.45, 7) is 0.498. The number of hydrogen-bond acceptors (Lipinski definition) is 4. The molecule has 1 amide bonds. The maximum absolute atomic E-state index is 12.9. The minimum absolute atomic E-state index is 0.00601. The molecule has 29 heavy (non-hydrogen) atoms.